The maximum absolute atomic E-state index is 12.5. The van der Waals surface area contributed by atoms with Crippen molar-refractivity contribution in [2.24, 2.45) is 0 Å². The van der Waals surface area contributed by atoms with Gasteiger partial charge in [0, 0.05) is 12.1 Å². The minimum Gasteiger partial charge on any atom is -0.377 e. The number of aryl methyl sites for hydroxylation is 2. The second kappa shape index (κ2) is 6.07. The van der Waals surface area contributed by atoms with Gasteiger partial charge in [0.25, 0.3) is 5.56 Å². The van der Waals surface area contributed by atoms with Crippen molar-refractivity contribution in [3.05, 3.63) is 63.1 Å². The Morgan fingerprint density at radius 1 is 1.08 bits per heavy atom. The number of ether oxygens (including phenoxy) is 1. The van der Waals surface area contributed by atoms with Gasteiger partial charge in [0.2, 0.25) is 0 Å². The van der Waals surface area contributed by atoms with E-state index in [1.54, 1.807) is 10.7 Å². The van der Waals surface area contributed by atoms with Crippen LogP contribution in [0.25, 0.3) is 0 Å². The zero-order valence-electron chi connectivity index (χ0n) is 14.3. The Balaban J connectivity index is 1.36. The van der Waals surface area contributed by atoms with Gasteiger partial charge >= 0.3 is 0 Å². The minimum atomic E-state index is -0.0119. The van der Waals surface area contributed by atoms with E-state index in [-0.39, 0.29) is 17.6 Å². The van der Waals surface area contributed by atoms with Crippen molar-refractivity contribution in [3.63, 3.8) is 0 Å². The van der Waals surface area contributed by atoms with Gasteiger partial charge < -0.3 is 10.1 Å². The third-order valence-electron chi connectivity index (χ3n) is 5.85. The Labute approximate surface area is 147 Å². The lowest BCUT2D eigenvalue weighted by molar-refractivity contribution is 0.180. The fourth-order valence-electron chi connectivity index (χ4n) is 4.58. The number of hydrogen-bond donors (Lipinski definition) is 1. The van der Waals surface area contributed by atoms with E-state index in [2.05, 4.69) is 34.7 Å². The highest BCUT2D eigenvalue weighted by molar-refractivity contribution is 5.33. The van der Waals surface area contributed by atoms with Gasteiger partial charge in [-0.05, 0) is 48.8 Å². The first-order valence-electron chi connectivity index (χ1n) is 9.30. The molecular weight excluding hydrogens is 314 g/mol. The molecule has 0 amide bonds. The molecule has 1 N–H and O–H groups in total. The molecule has 5 rings (SSSR count). The molecule has 0 bridgehead atoms. The van der Waals surface area contributed by atoms with E-state index < -0.39 is 0 Å². The van der Waals surface area contributed by atoms with Crippen LogP contribution < -0.4 is 10.9 Å². The minimum absolute atomic E-state index is 0.0117. The van der Waals surface area contributed by atoms with Gasteiger partial charge in [-0.1, -0.05) is 24.3 Å². The fraction of sp³-hybridized carbons (Fsp3) is 0.500. The molecule has 25 heavy (non-hydrogen) atoms. The van der Waals surface area contributed by atoms with Crippen molar-refractivity contribution < 1.29 is 4.74 Å². The number of benzene rings is 1. The summed E-state index contributed by atoms with van der Waals surface area (Å²) in [6.45, 7) is 1.20. The number of nitrogens with zero attached hydrogens (tertiary/aromatic N) is 2. The van der Waals surface area contributed by atoms with Crippen molar-refractivity contribution in [1.29, 1.82) is 0 Å². The van der Waals surface area contributed by atoms with E-state index >= 15 is 0 Å². The van der Waals surface area contributed by atoms with E-state index in [0.29, 0.717) is 19.3 Å². The second-order valence-electron chi connectivity index (χ2n) is 7.50. The maximum atomic E-state index is 12.5. The van der Waals surface area contributed by atoms with Crippen molar-refractivity contribution >= 4 is 0 Å². The van der Waals surface area contributed by atoms with Gasteiger partial charge in [-0.25, -0.2) is 4.68 Å². The molecule has 2 unspecified atom stereocenters. The highest BCUT2D eigenvalue weighted by Crippen LogP contribution is 2.25. The summed E-state index contributed by atoms with van der Waals surface area (Å²) in [5, 5.41) is 8.43. The van der Waals surface area contributed by atoms with Crippen LogP contribution in [0.5, 0.6) is 0 Å². The molecule has 130 valence electrons. The highest BCUT2D eigenvalue weighted by Gasteiger charge is 2.34. The van der Waals surface area contributed by atoms with Gasteiger partial charge in [0.1, 0.15) is 0 Å². The third kappa shape index (κ3) is 2.71. The molecule has 1 aromatic heterocycles. The molecule has 2 heterocycles. The van der Waals surface area contributed by atoms with E-state index in [1.165, 1.54) is 11.1 Å². The molecule has 1 aromatic carbocycles. The number of fused-ring (bicyclic) bond motifs is 2. The molecule has 0 radical (unpaired) electrons. The van der Waals surface area contributed by atoms with Crippen LogP contribution in [-0.2, 0) is 30.4 Å². The van der Waals surface area contributed by atoms with Crippen LogP contribution in [0.3, 0.4) is 0 Å². The summed E-state index contributed by atoms with van der Waals surface area (Å²) in [5.41, 5.74) is 5.11. The lowest BCUT2D eigenvalue weighted by Crippen LogP contribution is -2.46. The molecule has 3 aliphatic rings. The normalized spacial score (nSPS) is 25.3. The first-order chi connectivity index (χ1) is 12.3. The van der Waals surface area contributed by atoms with E-state index in [1.807, 2.05) is 0 Å². The van der Waals surface area contributed by atoms with E-state index in [9.17, 15) is 4.79 Å². The lowest BCUT2D eigenvalue weighted by Gasteiger charge is -2.24. The predicted molar refractivity (Wildman–Crippen MR) is 94.9 cm³/mol. The van der Waals surface area contributed by atoms with Crippen molar-refractivity contribution in [1.82, 2.24) is 15.1 Å². The second-order valence-corrected chi connectivity index (χ2v) is 7.50. The summed E-state index contributed by atoms with van der Waals surface area (Å²) in [6, 6.07) is 11.0. The standard InChI is InChI=1S/C20H23N3O2/c24-20-10-15-6-3-7-17(15)22-23(20)19-12-25-11-18(19)21-16-8-13-4-1-2-5-14(13)9-16/h1-2,4-5,10,16,18-19,21H,3,6-9,11-12H2. The summed E-state index contributed by atoms with van der Waals surface area (Å²) in [4.78, 5) is 12.5. The van der Waals surface area contributed by atoms with Crippen LogP contribution in [-0.4, -0.2) is 35.1 Å². The quantitative estimate of drug-likeness (QED) is 0.921. The molecule has 0 saturated carbocycles. The first-order valence-corrected chi connectivity index (χ1v) is 9.30. The Kier molecular flexibility index (Phi) is 3.71. The topological polar surface area (TPSA) is 56.2 Å². The monoisotopic (exact) mass is 337 g/mol. The largest absolute Gasteiger partial charge is 0.377 e. The zero-order chi connectivity index (χ0) is 16.8. The van der Waals surface area contributed by atoms with Crippen molar-refractivity contribution in [3.8, 4) is 0 Å². The summed E-state index contributed by atoms with van der Waals surface area (Å²) in [7, 11) is 0. The van der Waals surface area contributed by atoms with Crippen LogP contribution in [0.1, 0.15) is 34.8 Å². The molecule has 1 aliphatic heterocycles. The number of aromatic nitrogens is 2. The van der Waals surface area contributed by atoms with Crippen LogP contribution in [0.2, 0.25) is 0 Å². The fourth-order valence-corrected chi connectivity index (χ4v) is 4.58. The molecule has 1 saturated heterocycles. The van der Waals surface area contributed by atoms with Crippen LogP contribution in [0.4, 0.5) is 0 Å². The van der Waals surface area contributed by atoms with Crippen molar-refractivity contribution in [2.75, 3.05) is 13.2 Å². The molecule has 2 aromatic rings. The van der Waals surface area contributed by atoms with Crippen LogP contribution in [0, 0.1) is 0 Å². The SMILES string of the molecule is O=c1cc2c(nn1C1COCC1NC1Cc3ccccc3C1)CCC2. The summed E-state index contributed by atoms with van der Waals surface area (Å²) < 4.78 is 7.40. The Bertz CT molecular complexity index is 835. The lowest BCUT2D eigenvalue weighted by atomic mass is 10.1. The summed E-state index contributed by atoms with van der Waals surface area (Å²) in [6.07, 6.45) is 5.17. The van der Waals surface area contributed by atoms with Crippen molar-refractivity contribution in [2.45, 2.75) is 50.2 Å². The smallest absolute Gasteiger partial charge is 0.267 e. The predicted octanol–water partition coefficient (Wildman–Crippen LogP) is 1.43. The molecule has 1 fully saturated rings. The summed E-state index contributed by atoms with van der Waals surface area (Å²) >= 11 is 0. The highest BCUT2D eigenvalue weighted by atomic mass is 16.5. The number of nitrogens with one attached hydrogen (secondary N) is 1. The number of rotatable bonds is 3. The zero-order valence-corrected chi connectivity index (χ0v) is 14.3. The summed E-state index contributed by atoms with van der Waals surface area (Å²) in [5.74, 6) is 0. The Morgan fingerprint density at radius 3 is 2.68 bits per heavy atom. The van der Waals surface area contributed by atoms with Gasteiger partial charge in [-0.15, -0.1) is 0 Å². The van der Waals surface area contributed by atoms with E-state index in [4.69, 9.17) is 4.74 Å². The Hall–Kier alpha value is -1.98. The molecule has 5 heteroatoms. The molecule has 0 spiro atoms. The molecular formula is C20H23N3O2. The van der Waals surface area contributed by atoms with Gasteiger partial charge in [0.15, 0.2) is 0 Å². The van der Waals surface area contributed by atoms with Gasteiger partial charge in [-0.2, -0.15) is 5.10 Å². The van der Waals surface area contributed by atoms with Gasteiger partial charge in [-0.3, -0.25) is 4.79 Å². The molecule has 5 nitrogen and oxygen atoms in total. The molecule has 2 aliphatic carbocycles. The third-order valence-corrected chi connectivity index (χ3v) is 5.85. The van der Waals surface area contributed by atoms with Crippen LogP contribution >= 0.6 is 0 Å². The Morgan fingerprint density at radius 2 is 1.88 bits per heavy atom. The number of hydrogen-bond acceptors (Lipinski definition) is 4. The maximum Gasteiger partial charge on any atom is 0.267 e. The average molecular weight is 337 g/mol. The average Bonchev–Trinajstić information content (AvgIpc) is 3.32. The first kappa shape index (κ1) is 15.3. The van der Waals surface area contributed by atoms with E-state index in [0.717, 1.165) is 43.4 Å². The molecule has 2 atom stereocenters. The van der Waals surface area contributed by atoms with Crippen LogP contribution in [0.15, 0.2) is 35.1 Å². The van der Waals surface area contributed by atoms with Gasteiger partial charge in [0.05, 0.1) is 31.0 Å².